The quantitative estimate of drug-likeness (QED) is 0.484. The van der Waals surface area contributed by atoms with Crippen molar-refractivity contribution in [2.45, 2.75) is 44.1 Å². The van der Waals surface area contributed by atoms with Gasteiger partial charge in [0.2, 0.25) is 12.2 Å². The van der Waals surface area contributed by atoms with Crippen LogP contribution in [0.5, 0.6) is 5.75 Å². The molecule has 0 spiro atoms. The van der Waals surface area contributed by atoms with Crippen molar-refractivity contribution in [2.75, 3.05) is 6.61 Å². The Kier molecular flexibility index (Phi) is 5.92. The average molecular weight is 403 g/mol. The first-order valence-corrected chi connectivity index (χ1v) is 9.18. The van der Waals surface area contributed by atoms with E-state index in [-0.39, 0.29) is 0 Å². The molecule has 2 aromatic rings. The Morgan fingerprint density at radius 2 is 1.93 bits per heavy atom. The first kappa shape index (κ1) is 21.2. The molecule has 1 aliphatic heterocycles. The molecule has 1 aliphatic rings. The van der Waals surface area contributed by atoms with Crippen LogP contribution in [0.15, 0.2) is 42.5 Å². The van der Waals surface area contributed by atoms with Crippen LogP contribution >= 0.6 is 0 Å². The molecule has 29 heavy (non-hydrogen) atoms. The lowest BCUT2D eigenvalue weighted by molar-refractivity contribution is -0.314. The molecule has 1 heterocycles. The van der Waals surface area contributed by atoms with E-state index in [9.17, 15) is 25.2 Å². The van der Waals surface area contributed by atoms with E-state index in [2.05, 4.69) is 0 Å². The van der Waals surface area contributed by atoms with Gasteiger partial charge in [0.15, 0.2) is 5.60 Å². The number of aliphatic hydroxyl groups is 4. The van der Waals surface area contributed by atoms with Gasteiger partial charge in [-0.05, 0) is 48.7 Å². The second-order valence-electron chi connectivity index (χ2n) is 7.36. The predicted octanol–water partition coefficient (Wildman–Crippen LogP) is 0.330. The van der Waals surface area contributed by atoms with Crippen LogP contribution in [0, 0.1) is 6.92 Å². The molecular formula is C21H25NO7. The maximum absolute atomic E-state index is 11.7. The fourth-order valence-electron chi connectivity index (χ4n) is 3.38. The van der Waals surface area contributed by atoms with Gasteiger partial charge in [0, 0.05) is 5.56 Å². The van der Waals surface area contributed by atoms with E-state index in [1.807, 2.05) is 0 Å². The van der Waals surface area contributed by atoms with Gasteiger partial charge < -0.3 is 35.6 Å². The molecule has 8 heteroatoms. The summed E-state index contributed by atoms with van der Waals surface area (Å²) < 4.78 is 11.2. The van der Waals surface area contributed by atoms with E-state index >= 15 is 0 Å². The van der Waals surface area contributed by atoms with E-state index in [0.717, 1.165) is 5.56 Å². The lowest BCUT2D eigenvalue weighted by Gasteiger charge is -2.45. The zero-order valence-electron chi connectivity index (χ0n) is 16.1. The first-order chi connectivity index (χ1) is 13.7. The van der Waals surface area contributed by atoms with Crippen molar-refractivity contribution in [1.29, 1.82) is 0 Å². The van der Waals surface area contributed by atoms with Crippen molar-refractivity contribution in [2.24, 2.45) is 5.73 Å². The lowest BCUT2D eigenvalue weighted by Crippen LogP contribution is -2.66. The third kappa shape index (κ3) is 3.98. The molecule has 0 saturated carbocycles. The molecule has 0 bridgehead atoms. The van der Waals surface area contributed by atoms with Crippen LogP contribution in [0.2, 0.25) is 0 Å². The largest absolute Gasteiger partial charge is 0.461 e. The van der Waals surface area contributed by atoms with Crippen LogP contribution in [0.1, 0.15) is 22.8 Å². The number of ether oxygens (including phenoxy) is 2. The van der Waals surface area contributed by atoms with Crippen molar-refractivity contribution in [3.8, 4) is 16.9 Å². The first-order valence-electron chi connectivity index (χ1n) is 9.18. The van der Waals surface area contributed by atoms with Crippen LogP contribution in [0.25, 0.3) is 11.1 Å². The molecule has 6 N–H and O–H groups in total. The molecule has 1 fully saturated rings. The lowest BCUT2D eigenvalue weighted by atomic mass is 9.88. The third-order valence-corrected chi connectivity index (χ3v) is 5.17. The number of aryl methyl sites for hydroxylation is 1. The number of carbonyl (C=O) groups excluding carboxylic acids is 1. The Morgan fingerprint density at radius 1 is 1.24 bits per heavy atom. The topological polar surface area (TPSA) is 142 Å². The smallest absolute Gasteiger partial charge is 0.249 e. The van der Waals surface area contributed by atoms with Crippen molar-refractivity contribution < 1.29 is 34.7 Å². The minimum atomic E-state index is -1.91. The van der Waals surface area contributed by atoms with Crippen molar-refractivity contribution in [3.05, 3.63) is 53.6 Å². The van der Waals surface area contributed by atoms with E-state index in [0.29, 0.717) is 22.4 Å². The summed E-state index contributed by atoms with van der Waals surface area (Å²) in [4.78, 5) is 11.7. The number of amides is 1. The Hall–Kier alpha value is -2.49. The third-order valence-electron chi connectivity index (χ3n) is 5.17. The molecular weight excluding hydrogens is 378 g/mol. The van der Waals surface area contributed by atoms with Gasteiger partial charge in [0.1, 0.15) is 24.1 Å². The van der Waals surface area contributed by atoms with Gasteiger partial charge in [-0.15, -0.1) is 0 Å². The van der Waals surface area contributed by atoms with Gasteiger partial charge in [-0.2, -0.15) is 0 Å². The summed E-state index contributed by atoms with van der Waals surface area (Å²) in [6.07, 6.45) is -5.44. The second-order valence-corrected chi connectivity index (χ2v) is 7.36. The second kappa shape index (κ2) is 8.10. The highest BCUT2D eigenvalue weighted by molar-refractivity contribution is 5.99. The number of hydrogen-bond donors (Lipinski definition) is 5. The van der Waals surface area contributed by atoms with Crippen LogP contribution in [-0.4, -0.2) is 63.1 Å². The van der Waals surface area contributed by atoms with E-state index in [1.54, 1.807) is 49.4 Å². The number of rotatable bonds is 5. The fraction of sp³-hybridized carbons (Fsp3) is 0.381. The highest BCUT2D eigenvalue weighted by Gasteiger charge is 2.53. The molecule has 5 atom stereocenters. The fourth-order valence-corrected chi connectivity index (χ4v) is 3.38. The maximum Gasteiger partial charge on any atom is 0.249 e. The maximum atomic E-state index is 11.7. The zero-order valence-corrected chi connectivity index (χ0v) is 16.1. The molecule has 2 aromatic carbocycles. The Bertz CT molecular complexity index is 898. The SMILES string of the molecule is Cc1cc(-c2ccccc2C(N)=O)ccc1O[C@H]1O[C@H](CO)[C@@H](O)[C@H](O)[C@]1(C)O. The van der Waals surface area contributed by atoms with Crippen LogP contribution in [0.4, 0.5) is 0 Å². The number of aliphatic hydroxyl groups excluding tert-OH is 3. The predicted molar refractivity (Wildman–Crippen MR) is 104 cm³/mol. The van der Waals surface area contributed by atoms with E-state index in [4.69, 9.17) is 15.2 Å². The minimum absolute atomic E-state index is 0.371. The molecule has 0 radical (unpaired) electrons. The van der Waals surface area contributed by atoms with Crippen LogP contribution in [-0.2, 0) is 4.74 Å². The Balaban J connectivity index is 1.89. The molecule has 156 valence electrons. The number of hydrogen-bond acceptors (Lipinski definition) is 7. The summed E-state index contributed by atoms with van der Waals surface area (Å²) in [5, 5.41) is 40.1. The van der Waals surface area contributed by atoms with Gasteiger partial charge >= 0.3 is 0 Å². The molecule has 0 aromatic heterocycles. The van der Waals surface area contributed by atoms with Crippen molar-refractivity contribution >= 4 is 5.91 Å². The molecule has 0 unspecified atom stereocenters. The summed E-state index contributed by atoms with van der Waals surface area (Å²) >= 11 is 0. The molecule has 0 aliphatic carbocycles. The van der Waals surface area contributed by atoms with E-state index < -0.39 is 42.7 Å². The van der Waals surface area contributed by atoms with Gasteiger partial charge in [-0.25, -0.2) is 0 Å². The monoisotopic (exact) mass is 403 g/mol. The van der Waals surface area contributed by atoms with Crippen LogP contribution < -0.4 is 10.5 Å². The number of primary amides is 1. The normalized spacial score (nSPS) is 29.4. The highest BCUT2D eigenvalue weighted by atomic mass is 16.7. The van der Waals surface area contributed by atoms with Gasteiger partial charge in [0.25, 0.3) is 0 Å². The summed E-state index contributed by atoms with van der Waals surface area (Å²) in [6, 6.07) is 12.1. The highest BCUT2D eigenvalue weighted by Crippen LogP contribution is 2.34. The average Bonchev–Trinajstić information content (AvgIpc) is 2.69. The number of carbonyl (C=O) groups is 1. The zero-order chi connectivity index (χ0) is 21.3. The van der Waals surface area contributed by atoms with Crippen molar-refractivity contribution in [3.63, 3.8) is 0 Å². The summed E-state index contributed by atoms with van der Waals surface area (Å²) in [7, 11) is 0. The molecule has 1 saturated heterocycles. The molecule has 3 rings (SSSR count). The van der Waals surface area contributed by atoms with Gasteiger partial charge in [0.05, 0.1) is 6.61 Å². The molecule has 8 nitrogen and oxygen atoms in total. The number of benzene rings is 2. The standard InChI is InChI=1S/C21H25NO7/c1-11-9-12(13-5-3-4-6-14(13)19(22)26)7-8-15(11)28-20-21(2,27)18(25)17(24)16(10-23)29-20/h3-9,16-18,20,23-25,27H,10H2,1-2H3,(H2,22,26)/t16-,17-,18+,20+,21+/m1/s1. The minimum Gasteiger partial charge on any atom is -0.461 e. The summed E-state index contributed by atoms with van der Waals surface area (Å²) in [5.74, 6) is -0.163. The van der Waals surface area contributed by atoms with Crippen molar-refractivity contribution in [1.82, 2.24) is 0 Å². The van der Waals surface area contributed by atoms with E-state index in [1.165, 1.54) is 6.92 Å². The Morgan fingerprint density at radius 3 is 2.55 bits per heavy atom. The number of nitrogens with two attached hydrogens (primary N) is 1. The van der Waals surface area contributed by atoms with Gasteiger partial charge in [-0.3, -0.25) is 4.79 Å². The van der Waals surface area contributed by atoms with Crippen LogP contribution in [0.3, 0.4) is 0 Å². The Labute approximate surface area is 168 Å². The molecule has 1 amide bonds. The summed E-state index contributed by atoms with van der Waals surface area (Å²) in [6.45, 7) is 2.51. The van der Waals surface area contributed by atoms with Gasteiger partial charge in [-0.1, -0.05) is 24.3 Å². The summed E-state index contributed by atoms with van der Waals surface area (Å²) in [5.41, 5.74) is 6.05.